The number of aryl methyl sites for hydroxylation is 2. The number of anilines is 1. The third-order valence-electron chi connectivity index (χ3n) is 5.99. The van der Waals surface area contributed by atoms with Crippen LogP contribution in [0.15, 0.2) is 66.7 Å². The van der Waals surface area contributed by atoms with Gasteiger partial charge in [-0.2, -0.15) is 0 Å². The van der Waals surface area contributed by atoms with Gasteiger partial charge in [0.1, 0.15) is 0 Å². The SMILES string of the molecule is Cc1ccc2sc(N(CCCN(C)C)C(=O)c3ccc(Cc4ccccc4)cc3)nc2c1C. The number of amides is 1. The standard InChI is InChI=1S/C28H31N3OS/c1-20-11-16-25-26(21(20)2)29-28(33-25)31(18-8-17-30(3)4)27(32)24-14-12-23(13-15-24)19-22-9-6-5-7-10-22/h5-7,9-16H,8,17-19H2,1-4H3. The predicted molar refractivity (Wildman–Crippen MR) is 140 cm³/mol. The van der Waals surface area contributed by atoms with Crippen molar-refractivity contribution < 1.29 is 4.79 Å². The summed E-state index contributed by atoms with van der Waals surface area (Å²) >= 11 is 1.60. The van der Waals surface area contributed by atoms with Crippen molar-refractivity contribution in [3.63, 3.8) is 0 Å². The van der Waals surface area contributed by atoms with Gasteiger partial charge in [0, 0.05) is 12.1 Å². The Morgan fingerprint density at radius 2 is 1.58 bits per heavy atom. The van der Waals surface area contributed by atoms with Crippen LogP contribution in [-0.4, -0.2) is 43.0 Å². The minimum atomic E-state index is 0.00782. The van der Waals surface area contributed by atoms with Gasteiger partial charge in [0.25, 0.3) is 5.91 Å². The highest BCUT2D eigenvalue weighted by atomic mass is 32.1. The Bertz CT molecular complexity index is 1230. The molecule has 0 radical (unpaired) electrons. The van der Waals surface area contributed by atoms with E-state index in [0.717, 1.165) is 34.7 Å². The van der Waals surface area contributed by atoms with E-state index < -0.39 is 0 Å². The summed E-state index contributed by atoms with van der Waals surface area (Å²) in [7, 11) is 4.11. The van der Waals surface area contributed by atoms with Crippen LogP contribution in [0.25, 0.3) is 10.2 Å². The smallest absolute Gasteiger partial charge is 0.260 e. The van der Waals surface area contributed by atoms with Crippen molar-refractivity contribution in [3.8, 4) is 0 Å². The average Bonchev–Trinajstić information content (AvgIpc) is 3.24. The van der Waals surface area contributed by atoms with Crippen molar-refractivity contribution >= 4 is 32.6 Å². The average molecular weight is 458 g/mol. The van der Waals surface area contributed by atoms with E-state index >= 15 is 0 Å². The Balaban J connectivity index is 1.60. The monoisotopic (exact) mass is 457 g/mol. The van der Waals surface area contributed by atoms with Gasteiger partial charge in [-0.15, -0.1) is 0 Å². The number of fused-ring (bicyclic) bond motifs is 1. The van der Waals surface area contributed by atoms with Gasteiger partial charge in [-0.1, -0.05) is 59.9 Å². The van der Waals surface area contributed by atoms with Crippen LogP contribution in [0.5, 0.6) is 0 Å². The maximum Gasteiger partial charge on any atom is 0.260 e. The number of hydrogen-bond donors (Lipinski definition) is 0. The van der Waals surface area contributed by atoms with Gasteiger partial charge in [-0.3, -0.25) is 9.69 Å². The molecule has 0 spiro atoms. The largest absolute Gasteiger partial charge is 0.309 e. The molecule has 0 fully saturated rings. The Morgan fingerprint density at radius 1 is 0.879 bits per heavy atom. The lowest BCUT2D eigenvalue weighted by Crippen LogP contribution is -2.33. The first-order valence-electron chi connectivity index (χ1n) is 11.4. The van der Waals surface area contributed by atoms with E-state index in [2.05, 4.69) is 81.4 Å². The Kier molecular flexibility index (Phi) is 7.21. The Labute approximate surface area is 200 Å². The molecule has 0 bridgehead atoms. The number of hydrogen-bond acceptors (Lipinski definition) is 4. The highest BCUT2D eigenvalue weighted by Crippen LogP contribution is 2.32. The van der Waals surface area contributed by atoms with Crippen molar-refractivity contribution in [2.45, 2.75) is 26.7 Å². The van der Waals surface area contributed by atoms with Crippen LogP contribution < -0.4 is 4.90 Å². The van der Waals surface area contributed by atoms with E-state index in [1.165, 1.54) is 22.3 Å². The van der Waals surface area contributed by atoms with Crippen molar-refractivity contribution in [2.24, 2.45) is 0 Å². The number of aromatic nitrogens is 1. The quantitative estimate of drug-likeness (QED) is 0.321. The molecule has 4 nitrogen and oxygen atoms in total. The zero-order chi connectivity index (χ0) is 23.4. The molecule has 0 aliphatic heterocycles. The summed E-state index contributed by atoms with van der Waals surface area (Å²) in [6.45, 7) is 5.76. The van der Waals surface area contributed by atoms with E-state index in [4.69, 9.17) is 4.98 Å². The fourth-order valence-corrected chi connectivity index (χ4v) is 4.96. The zero-order valence-electron chi connectivity index (χ0n) is 19.8. The van der Waals surface area contributed by atoms with Gasteiger partial charge in [0.05, 0.1) is 10.2 Å². The molecule has 4 rings (SSSR count). The predicted octanol–water partition coefficient (Wildman–Crippen LogP) is 6.10. The summed E-state index contributed by atoms with van der Waals surface area (Å²) in [6.07, 6.45) is 1.75. The van der Waals surface area contributed by atoms with E-state index in [9.17, 15) is 4.79 Å². The van der Waals surface area contributed by atoms with Crippen LogP contribution >= 0.6 is 11.3 Å². The molecule has 0 aliphatic carbocycles. The molecule has 0 saturated heterocycles. The summed E-state index contributed by atoms with van der Waals surface area (Å²) in [5.74, 6) is 0.00782. The molecule has 3 aromatic carbocycles. The van der Waals surface area contributed by atoms with Crippen LogP contribution in [0.4, 0.5) is 5.13 Å². The molecule has 1 aromatic heterocycles. The summed E-state index contributed by atoms with van der Waals surface area (Å²) < 4.78 is 1.12. The minimum absolute atomic E-state index is 0.00782. The maximum atomic E-state index is 13.6. The Hall–Kier alpha value is -3.02. The molecule has 5 heteroatoms. The molecule has 170 valence electrons. The van der Waals surface area contributed by atoms with Gasteiger partial charge in [0.15, 0.2) is 5.13 Å². The van der Waals surface area contributed by atoms with E-state index in [0.29, 0.717) is 12.1 Å². The fraction of sp³-hybridized carbons (Fsp3) is 0.286. The second kappa shape index (κ2) is 10.3. The lowest BCUT2D eigenvalue weighted by atomic mass is 10.0. The first-order chi connectivity index (χ1) is 15.9. The third-order valence-corrected chi connectivity index (χ3v) is 7.03. The first kappa shape index (κ1) is 23.1. The molecule has 33 heavy (non-hydrogen) atoms. The number of nitrogens with zero attached hydrogens (tertiary/aromatic N) is 3. The molecule has 0 aliphatic rings. The maximum absolute atomic E-state index is 13.6. The lowest BCUT2D eigenvalue weighted by molar-refractivity contribution is 0.0986. The van der Waals surface area contributed by atoms with Crippen LogP contribution in [0.3, 0.4) is 0 Å². The lowest BCUT2D eigenvalue weighted by Gasteiger charge is -2.21. The second-order valence-electron chi connectivity index (χ2n) is 8.82. The summed E-state index contributed by atoms with van der Waals surface area (Å²) in [5, 5.41) is 0.774. The third kappa shape index (κ3) is 5.49. The molecular formula is C28H31N3OS. The summed E-state index contributed by atoms with van der Waals surface area (Å²) in [4.78, 5) is 22.5. The molecule has 1 heterocycles. The van der Waals surface area contributed by atoms with Gasteiger partial charge in [-0.05, 0) is 87.8 Å². The van der Waals surface area contributed by atoms with Crippen LogP contribution in [-0.2, 0) is 6.42 Å². The number of rotatable bonds is 8. The van der Waals surface area contributed by atoms with Gasteiger partial charge >= 0.3 is 0 Å². The number of carbonyl (C=O) groups excluding carboxylic acids is 1. The number of benzene rings is 3. The summed E-state index contributed by atoms with van der Waals surface area (Å²) in [6, 6.07) is 22.6. The topological polar surface area (TPSA) is 36.4 Å². The Morgan fingerprint density at radius 3 is 2.27 bits per heavy atom. The van der Waals surface area contributed by atoms with Crippen molar-refractivity contribution in [1.82, 2.24) is 9.88 Å². The van der Waals surface area contributed by atoms with Crippen molar-refractivity contribution in [3.05, 3.63) is 94.5 Å². The van der Waals surface area contributed by atoms with Gasteiger partial charge in [0.2, 0.25) is 0 Å². The second-order valence-corrected chi connectivity index (χ2v) is 9.83. The van der Waals surface area contributed by atoms with Crippen LogP contribution in [0.2, 0.25) is 0 Å². The highest BCUT2D eigenvalue weighted by Gasteiger charge is 2.22. The van der Waals surface area contributed by atoms with Crippen LogP contribution in [0, 0.1) is 13.8 Å². The number of thiazole rings is 1. The van der Waals surface area contributed by atoms with E-state index in [1.807, 2.05) is 23.1 Å². The molecule has 1 amide bonds. The highest BCUT2D eigenvalue weighted by molar-refractivity contribution is 7.22. The molecule has 0 saturated carbocycles. The van der Waals surface area contributed by atoms with E-state index in [-0.39, 0.29) is 5.91 Å². The zero-order valence-corrected chi connectivity index (χ0v) is 20.7. The molecule has 4 aromatic rings. The molecule has 0 unspecified atom stereocenters. The molecule has 0 atom stereocenters. The van der Waals surface area contributed by atoms with Crippen molar-refractivity contribution in [2.75, 3.05) is 32.1 Å². The van der Waals surface area contributed by atoms with Crippen molar-refractivity contribution in [1.29, 1.82) is 0 Å². The van der Waals surface area contributed by atoms with Gasteiger partial charge < -0.3 is 4.90 Å². The van der Waals surface area contributed by atoms with Crippen LogP contribution in [0.1, 0.15) is 39.0 Å². The normalized spacial score (nSPS) is 11.3. The molecular weight excluding hydrogens is 426 g/mol. The minimum Gasteiger partial charge on any atom is -0.309 e. The van der Waals surface area contributed by atoms with E-state index in [1.54, 1.807) is 11.3 Å². The number of carbonyl (C=O) groups is 1. The fourth-order valence-electron chi connectivity index (χ4n) is 3.91. The summed E-state index contributed by atoms with van der Waals surface area (Å²) in [5.41, 5.74) is 6.56. The molecule has 0 N–H and O–H groups in total. The first-order valence-corrected chi connectivity index (χ1v) is 12.2. The van der Waals surface area contributed by atoms with Gasteiger partial charge in [-0.25, -0.2) is 4.98 Å².